The van der Waals surface area contributed by atoms with E-state index in [0.717, 1.165) is 13.1 Å². The van der Waals surface area contributed by atoms with Crippen molar-refractivity contribution in [2.75, 3.05) is 19.7 Å². The minimum atomic E-state index is 0.0972. The molecule has 1 saturated heterocycles. The van der Waals surface area contributed by atoms with Crippen LogP contribution >= 0.6 is 11.6 Å². The smallest absolute Gasteiger partial charge is 0.138 e. The second-order valence-electron chi connectivity index (χ2n) is 3.97. The van der Waals surface area contributed by atoms with E-state index in [0.29, 0.717) is 17.4 Å². The monoisotopic (exact) mass is 241 g/mol. The number of halogens is 1. The highest BCUT2D eigenvalue weighted by Crippen LogP contribution is 2.23. The molecule has 0 aliphatic carbocycles. The molecule has 0 saturated carbocycles. The predicted octanol–water partition coefficient (Wildman–Crippen LogP) is 2.10. The van der Waals surface area contributed by atoms with E-state index in [2.05, 4.69) is 12.2 Å². The Morgan fingerprint density at radius 3 is 3.00 bits per heavy atom. The number of nitrogens with one attached hydrogen (secondary N) is 1. The van der Waals surface area contributed by atoms with Crippen LogP contribution in [0.4, 0.5) is 0 Å². The first-order chi connectivity index (χ1) is 7.75. The number of benzene rings is 1. The van der Waals surface area contributed by atoms with Crippen LogP contribution in [0.3, 0.4) is 0 Å². The number of morpholine rings is 1. The van der Waals surface area contributed by atoms with Crippen LogP contribution < -0.4 is 10.1 Å². The summed E-state index contributed by atoms with van der Waals surface area (Å²) in [6.07, 6.45) is 0.341. The minimum Gasteiger partial charge on any atom is -0.489 e. The Hall–Kier alpha value is -0.770. The zero-order valence-electron chi connectivity index (χ0n) is 9.28. The number of ether oxygens (including phenoxy) is 2. The van der Waals surface area contributed by atoms with Gasteiger partial charge in [-0.3, -0.25) is 0 Å². The van der Waals surface area contributed by atoms with E-state index < -0.39 is 0 Å². The average molecular weight is 242 g/mol. The molecule has 0 radical (unpaired) electrons. The molecule has 0 aromatic heterocycles. The van der Waals surface area contributed by atoms with Gasteiger partial charge in [-0.2, -0.15) is 0 Å². The van der Waals surface area contributed by atoms with Gasteiger partial charge >= 0.3 is 0 Å². The molecule has 4 heteroatoms. The summed E-state index contributed by atoms with van der Waals surface area (Å²) in [5.74, 6) is 0.714. The Balaban J connectivity index is 1.85. The van der Waals surface area contributed by atoms with Crippen LogP contribution in [0.5, 0.6) is 5.75 Å². The van der Waals surface area contributed by atoms with Crippen LogP contribution in [0.2, 0.25) is 5.02 Å². The summed E-state index contributed by atoms with van der Waals surface area (Å²) < 4.78 is 11.3. The van der Waals surface area contributed by atoms with Crippen molar-refractivity contribution < 1.29 is 9.47 Å². The lowest BCUT2D eigenvalue weighted by Crippen LogP contribution is -2.45. The van der Waals surface area contributed by atoms with Crippen LogP contribution in [0.15, 0.2) is 24.3 Å². The maximum Gasteiger partial charge on any atom is 0.138 e. The van der Waals surface area contributed by atoms with Gasteiger partial charge in [-0.25, -0.2) is 0 Å². The van der Waals surface area contributed by atoms with Crippen molar-refractivity contribution in [1.29, 1.82) is 0 Å². The normalized spacial score (nSPS) is 25.4. The topological polar surface area (TPSA) is 30.5 Å². The fraction of sp³-hybridized carbons (Fsp3) is 0.500. The zero-order chi connectivity index (χ0) is 11.4. The van der Waals surface area contributed by atoms with Gasteiger partial charge in [-0.1, -0.05) is 23.7 Å². The quantitative estimate of drug-likeness (QED) is 0.879. The molecule has 1 fully saturated rings. The largest absolute Gasteiger partial charge is 0.489 e. The van der Waals surface area contributed by atoms with Crippen molar-refractivity contribution in [3.05, 3.63) is 29.3 Å². The molecule has 3 nitrogen and oxygen atoms in total. The Kier molecular flexibility index (Phi) is 4.04. The fourth-order valence-corrected chi connectivity index (χ4v) is 1.91. The van der Waals surface area contributed by atoms with Gasteiger partial charge in [0, 0.05) is 13.1 Å². The lowest BCUT2D eigenvalue weighted by atomic mass is 10.2. The summed E-state index contributed by atoms with van der Waals surface area (Å²) in [6, 6.07) is 7.47. The second kappa shape index (κ2) is 5.53. The minimum absolute atomic E-state index is 0.0972. The molecule has 1 N–H and O–H groups in total. The molecule has 2 unspecified atom stereocenters. The Labute approximate surface area is 101 Å². The van der Waals surface area contributed by atoms with Gasteiger partial charge in [-0.05, 0) is 19.1 Å². The third-order valence-electron chi connectivity index (χ3n) is 2.49. The molecule has 0 spiro atoms. The van der Waals surface area contributed by atoms with Gasteiger partial charge in [0.2, 0.25) is 0 Å². The third-order valence-corrected chi connectivity index (χ3v) is 2.80. The van der Waals surface area contributed by atoms with Crippen molar-refractivity contribution in [1.82, 2.24) is 5.32 Å². The molecule has 0 bridgehead atoms. The van der Waals surface area contributed by atoms with E-state index in [1.54, 1.807) is 0 Å². The molecular weight excluding hydrogens is 226 g/mol. The predicted molar refractivity (Wildman–Crippen MR) is 64.2 cm³/mol. The summed E-state index contributed by atoms with van der Waals surface area (Å²) in [5.41, 5.74) is 0. The van der Waals surface area contributed by atoms with E-state index in [9.17, 15) is 0 Å². The molecule has 0 amide bonds. The average Bonchev–Trinajstić information content (AvgIpc) is 2.28. The Bertz CT molecular complexity index is 346. The molecule has 1 heterocycles. The van der Waals surface area contributed by atoms with Crippen molar-refractivity contribution in [2.45, 2.75) is 19.1 Å². The van der Waals surface area contributed by atoms with Crippen LogP contribution in [0, 0.1) is 0 Å². The first-order valence-electron chi connectivity index (χ1n) is 5.49. The maximum atomic E-state index is 5.99. The van der Waals surface area contributed by atoms with Gasteiger partial charge in [0.15, 0.2) is 0 Å². The van der Waals surface area contributed by atoms with E-state index in [-0.39, 0.29) is 12.2 Å². The van der Waals surface area contributed by atoms with Crippen molar-refractivity contribution in [2.24, 2.45) is 0 Å². The molecule has 1 aromatic rings. The first kappa shape index (κ1) is 11.7. The second-order valence-corrected chi connectivity index (χ2v) is 4.38. The molecule has 1 aromatic carbocycles. The van der Waals surface area contributed by atoms with Gasteiger partial charge in [0.25, 0.3) is 0 Å². The van der Waals surface area contributed by atoms with Gasteiger partial charge < -0.3 is 14.8 Å². The van der Waals surface area contributed by atoms with Gasteiger partial charge in [0.05, 0.1) is 11.1 Å². The molecular formula is C12H16ClNO2. The van der Waals surface area contributed by atoms with E-state index >= 15 is 0 Å². The summed E-state index contributed by atoms with van der Waals surface area (Å²) in [5, 5.41) is 3.94. The van der Waals surface area contributed by atoms with Gasteiger partial charge in [0.1, 0.15) is 18.5 Å². The van der Waals surface area contributed by atoms with Crippen LogP contribution in [-0.4, -0.2) is 31.9 Å². The van der Waals surface area contributed by atoms with Crippen LogP contribution in [0.25, 0.3) is 0 Å². The van der Waals surface area contributed by atoms with E-state index in [1.807, 2.05) is 24.3 Å². The summed E-state index contributed by atoms with van der Waals surface area (Å²) in [6.45, 7) is 4.31. The number of hydrogen-bond acceptors (Lipinski definition) is 3. The molecule has 16 heavy (non-hydrogen) atoms. The highest BCUT2D eigenvalue weighted by Gasteiger charge is 2.19. The third kappa shape index (κ3) is 3.11. The lowest BCUT2D eigenvalue weighted by molar-refractivity contribution is -0.0470. The molecule has 88 valence electrons. The highest BCUT2D eigenvalue weighted by atomic mass is 35.5. The standard InChI is InChI=1S/C12H16ClNO2/c1-9-6-14-7-10(16-9)8-15-12-5-3-2-4-11(12)13/h2-5,9-10,14H,6-8H2,1H3. The van der Waals surface area contributed by atoms with E-state index in [4.69, 9.17) is 21.1 Å². The van der Waals surface area contributed by atoms with Crippen molar-refractivity contribution >= 4 is 11.6 Å². The molecule has 2 rings (SSSR count). The van der Waals surface area contributed by atoms with Crippen LogP contribution in [-0.2, 0) is 4.74 Å². The molecule has 2 atom stereocenters. The lowest BCUT2D eigenvalue weighted by Gasteiger charge is -2.28. The van der Waals surface area contributed by atoms with E-state index in [1.165, 1.54) is 0 Å². The highest BCUT2D eigenvalue weighted by molar-refractivity contribution is 6.32. The summed E-state index contributed by atoms with van der Waals surface area (Å²) in [4.78, 5) is 0. The molecule has 1 aliphatic heterocycles. The summed E-state index contributed by atoms with van der Waals surface area (Å²) >= 11 is 5.99. The SMILES string of the molecule is CC1CNCC(COc2ccccc2Cl)O1. The van der Waals surface area contributed by atoms with Crippen molar-refractivity contribution in [3.8, 4) is 5.75 Å². The zero-order valence-corrected chi connectivity index (χ0v) is 10.0. The number of para-hydroxylation sites is 1. The first-order valence-corrected chi connectivity index (χ1v) is 5.87. The Morgan fingerprint density at radius 1 is 1.44 bits per heavy atom. The van der Waals surface area contributed by atoms with Crippen molar-refractivity contribution in [3.63, 3.8) is 0 Å². The van der Waals surface area contributed by atoms with Crippen LogP contribution in [0.1, 0.15) is 6.92 Å². The maximum absolute atomic E-state index is 5.99. The molecule has 1 aliphatic rings. The Morgan fingerprint density at radius 2 is 2.25 bits per heavy atom. The van der Waals surface area contributed by atoms with Gasteiger partial charge in [-0.15, -0.1) is 0 Å². The summed E-state index contributed by atoms with van der Waals surface area (Å²) in [7, 11) is 0. The fourth-order valence-electron chi connectivity index (χ4n) is 1.72. The number of rotatable bonds is 3. The number of hydrogen-bond donors (Lipinski definition) is 1.